The van der Waals surface area contributed by atoms with Crippen LogP contribution >= 0.6 is 22.9 Å². The first-order chi connectivity index (χ1) is 9.20. The molecule has 0 saturated heterocycles. The van der Waals surface area contributed by atoms with Crippen molar-refractivity contribution in [3.05, 3.63) is 23.2 Å². The van der Waals surface area contributed by atoms with E-state index >= 15 is 0 Å². The molecule has 1 N–H and O–H groups in total. The van der Waals surface area contributed by atoms with E-state index in [1.165, 1.54) is 25.7 Å². The van der Waals surface area contributed by atoms with Gasteiger partial charge in [0.25, 0.3) is 0 Å². The Morgan fingerprint density at radius 2 is 2.32 bits per heavy atom. The van der Waals surface area contributed by atoms with Gasteiger partial charge in [0.15, 0.2) is 5.13 Å². The first-order valence-electron chi connectivity index (χ1n) is 7.00. The fourth-order valence-corrected chi connectivity index (χ4v) is 4.10. The summed E-state index contributed by atoms with van der Waals surface area (Å²) in [5, 5.41) is 5.31. The van der Waals surface area contributed by atoms with Crippen LogP contribution in [0, 0.1) is 11.8 Å². The van der Waals surface area contributed by atoms with Crippen LogP contribution in [0.4, 0.5) is 5.13 Å². The molecular formula is C15H19ClN2S. The highest BCUT2D eigenvalue weighted by atomic mass is 35.5. The van der Waals surface area contributed by atoms with Gasteiger partial charge in [-0.1, -0.05) is 42.7 Å². The molecule has 19 heavy (non-hydrogen) atoms. The maximum absolute atomic E-state index is 6.00. The molecule has 1 aromatic carbocycles. The predicted octanol–water partition coefficient (Wildman–Crippen LogP) is 5.19. The largest absolute Gasteiger partial charge is 0.361 e. The summed E-state index contributed by atoms with van der Waals surface area (Å²) in [7, 11) is 0. The van der Waals surface area contributed by atoms with Gasteiger partial charge in [-0.05, 0) is 42.9 Å². The number of nitrogens with one attached hydrogen (secondary N) is 1. The van der Waals surface area contributed by atoms with Gasteiger partial charge in [-0.3, -0.25) is 0 Å². The van der Waals surface area contributed by atoms with Crippen molar-refractivity contribution in [2.24, 2.45) is 11.8 Å². The highest BCUT2D eigenvalue weighted by Crippen LogP contribution is 2.31. The molecule has 1 heterocycles. The van der Waals surface area contributed by atoms with Crippen molar-refractivity contribution < 1.29 is 0 Å². The number of rotatable bonds is 3. The van der Waals surface area contributed by atoms with Crippen LogP contribution in [0.2, 0.25) is 5.02 Å². The summed E-state index contributed by atoms with van der Waals surface area (Å²) in [5.74, 6) is 1.69. The highest BCUT2D eigenvalue weighted by molar-refractivity contribution is 7.22. The summed E-state index contributed by atoms with van der Waals surface area (Å²) < 4.78 is 1.16. The van der Waals surface area contributed by atoms with Crippen molar-refractivity contribution in [3.63, 3.8) is 0 Å². The van der Waals surface area contributed by atoms with E-state index in [0.29, 0.717) is 0 Å². The Balaban J connectivity index is 1.65. The number of benzene rings is 1. The van der Waals surface area contributed by atoms with E-state index in [4.69, 9.17) is 11.6 Å². The lowest BCUT2D eigenvalue weighted by Crippen LogP contribution is -2.20. The minimum absolute atomic E-state index is 0.781. The zero-order chi connectivity index (χ0) is 13.2. The Labute approximate surface area is 123 Å². The van der Waals surface area contributed by atoms with Crippen LogP contribution in [-0.4, -0.2) is 11.5 Å². The van der Waals surface area contributed by atoms with Gasteiger partial charge in [0, 0.05) is 11.6 Å². The van der Waals surface area contributed by atoms with Gasteiger partial charge < -0.3 is 5.32 Å². The van der Waals surface area contributed by atoms with Gasteiger partial charge in [-0.15, -0.1) is 0 Å². The molecule has 0 spiro atoms. The van der Waals surface area contributed by atoms with Crippen molar-refractivity contribution in [3.8, 4) is 0 Å². The molecule has 2 aromatic rings. The van der Waals surface area contributed by atoms with Crippen molar-refractivity contribution in [2.45, 2.75) is 32.6 Å². The molecule has 2 nitrogen and oxygen atoms in total. The smallest absolute Gasteiger partial charge is 0.183 e. The molecule has 1 aliphatic rings. The summed E-state index contributed by atoms with van der Waals surface area (Å²) in [4.78, 5) is 4.61. The van der Waals surface area contributed by atoms with Crippen molar-refractivity contribution in [1.29, 1.82) is 0 Å². The Morgan fingerprint density at radius 3 is 3.16 bits per heavy atom. The molecule has 2 atom stereocenters. The lowest BCUT2D eigenvalue weighted by atomic mass is 9.82. The van der Waals surface area contributed by atoms with Gasteiger partial charge in [-0.25, -0.2) is 4.98 Å². The third-order valence-corrected chi connectivity index (χ3v) is 5.15. The normalized spacial score (nSPS) is 23.7. The average Bonchev–Trinajstić information content (AvgIpc) is 2.78. The molecular weight excluding hydrogens is 276 g/mol. The molecule has 0 bridgehead atoms. The molecule has 0 aliphatic heterocycles. The van der Waals surface area contributed by atoms with E-state index in [1.807, 2.05) is 18.2 Å². The molecule has 2 unspecified atom stereocenters. The Morgan fingerprint density at radius 1 is 1.42 bits per heavy atom. The van der Waals surface area contributed by atoms with E-state index in [1.54, 1.807) is 11.3 Å². The van der Waals surface area contributed by atoms with Crippen LogP contribution < -0.4 is 5.32 Å². The number of anilines is 1. The Hall–Kier alpha value is -0.800. The van der Waals surface area contributed by atoms with E-state index in [-0.39, 0.29) is 0 Å². The number of fused-ring (bicyclic) bond motifs is 1. The number of thiazole rings is 1. The van der Waals surface area contributed by atoms with Crippen LogP contribution in [0.15, 0.2) is 18.2 Å². The summed E-state index contributed by atoms with van der Waals surface area (Å²) in [5.41, 5.74) is 1.04. The number of hydrogen-bond donors (Lipinski definition) is 1. The fraction of sp³-hybridized carbons (Fsp3) is 0.533. The quantitative estimate of drug-likeness (QED) is 0.843. The Bertz CT molecular complexity index is 566. The number of nitrogens with zero attached hydrogens (tertiary/aromatic N) is 1. The second-order valence-electron chi connectivity index (χ2n) is 5.65. The third-order valence-electron chi connectivity index (χ3n) is 3.94. The van der Waals surface area contributed by atoms with E-state index in [9.17, 15) is 0 Å². The van der Waals surface area contributed by atoms with E-state index < -0.39 is 0 Å². The molecule has 0 radical (unpaired) electrons. The number of aromatic nitrogens is 1. The van der Waals surface area contributed by atoms with Crippen LogP contribution in [0.3, 0.4) is 0 Å². The lowest BCUT2D eigenvalue weighted by Gasteiger charge is -2.26. The maximum atomic E-state index is 6.00. The molecule has 3 rings (SSSR count). The van der Waals surface area contributed by atoms with Crippen LogP contribution in [-0.2, 0) is 0 Å². The van der Waals surface area contributed by atoms with E-state index in [2.05, 4.69) is 17.2 Å². The van der Waals surface area contributed by atoms with Gasteiger partial charge in [0.2, 0.25) is 0 Å². The SMILES string of the molecule is CC1CCCC(CNc2nc3ccc(Cl)cc3s2)C1. The van der Waals surface area contributed by atoms with E-state index in [0.717, 1.165) is 38.8 Å². The summed E-state index contributed by atoms with van der Waals surface area (Å²) >= 11 is 7.70. The molecule has 102 valence electrons. The molecule has 0 amide bonds. The summed E-state index contributed by atoms with van der Waals surface area (Å²) in [6.07, 6.45) is 5.48. The van der Waals surface area contributed by atoms with Gasteiger partial charge in [-0.2, -0.15) is 0 Å². The van der Waals surface area contributed by atoms with Crippen LogP contribution in [0.1, 0.15) is 32.6 Å². The van der Waals surface area contributed by atoms with Crippen LogP contribution in [0.5, 0.6) is 0 Å². The zero-order valence-corrected chi connectivity index (χ0v) is 12.7. The van der Waals surface area contributed by atoms with Gasteiger partial charge in [0.1, 0.15) is 0 Å². The molecule has 1 aliphatic carbocycles. The number of halogens is 1. The minimum Gasteiger partial charge on any atom is -0.361 e. The highest BCUT2D eigenvalue weighted by Gasteiger charge is 2.18. The van der Waals surface area contributed by atoms with Crippen LogP contribution in [0.25, 0.3) is 10.2 Å². The maximum Gasteiger partial charge on any atom is 0.183 e. The van der Waals surface area contributed by atoms with Gasteiger partial charge in [0.05, 0.1) is 10.2 Å². The molecule has 4 heteroatoms. The first kappa shape index (κ1) is 13.2. The fourth-order valence-electron chi connectivity index (χ4n) is 2.95. The first-order valence-corrected chi connectivity index (χ1v) is 8.20. The summed E-state index contributed by atoms with van der Waals surface area (Å²) in [6, 6.07) is 5.88. The zero-order valence-electron chi connectivity index (χ0n) is 11.2. The summed E-state index contributed by atoms with van der Waals surface area (Å²) in [6.45, 7) is 3.42. The predicted molar refractivity (Wildman–Crippen MR) is 84.2 cm³/mol. The second-order valence-corrected chi connectivity index (χ2v) is 7.12. The number of hydrogen-bond acceptors (Lipinski definition) is 3. The molecule has 1 fully saturated rings. The van der Waals surface area contributed by atoms with Crippen molar-refractivity contribution in [1.82, 2.24) is 4.98 Å². The molecule has 1 saturated carbocycles. The average molecular weight is 295 g/mol. The minimum atomic E-state index is 0.781. The standard InChI is InChI=1S/C15H19ClN2S/c1-10-3-2-4-11(7-10)9-17-15-18-13-6-5-12(16)8-14(13)19-15/h5-6,8,10-11H,2-4,7,9H2,1H3,(H,17,18). The van der Waals surface area contributed by atoms with Crippen molar-refractivity contribution >= 4 is 38.3 Å². The monoisotopic (exact) mass is 294 g/mol. The lowest BCUT2D eigenvalue weighted by molar-refractivity contribution is 0.293. The third kappa shape index (κ3) is 3.21. The van der Waals surface area contributed by atoms with Crippen molar-refractivity contribution in [2.75, 3.05) is 11.9 Å². The second kappa shape index (κ2) is 5.68. The molecule has 1 aromatic heterocycles. The Kier molecular flexibility index (Phi) is 3.94. The van der Waals surface area contributed by atoms with Gasteiger partial charge >= 0.3 is 0 Å². The topological polar surface area (TPSA) is 24.9 Å².